The highest BCUT2D eigenvalue weighted by molar-refractivity contribution is 5.95. The topological polar surface area (TPSA) is 78.9 Å². The number of hydrogen-bond acceptors (Lipinski definition) is 4. The van der Waals surface area contributed by atoms with Crippen LogP contribution in [0.3, 0.4) is 0 Å². The summed E-state index contributed by atoms with van der Waals surface area (Å²) in [5, 5.41) is 15.6. The highest BCUT2D eigenvalue weighted by Gasteiger charge is 2.07. The van der Waals surface area contributed by atoms with E-state index < -0.39 is 0 Å². The van der Waals surface area contributed by atoms with Crippen molar-refractivity contribution in [3.8, 4) is 0 Å². The van der Waals surface area contributed by atoms with E-state index in [4.69, 9.17) is 11.1 Å². The second-order valence-electron chi connectivity index (χ2n) is 4.06. The molecule has 5 nitrogen and oxygen atoms in total. The average molecular weight is 241 g/mol. The molecule has 0 bridgehead atoms. The summed E-state index contributed by atoms with van der Waals surface area (Å²) in [7, 11) is 1.90. The molecule has 18 heavy (non-hydrogen) atoms. The molecule has 0 unspecified atom stereocenters. The molecule has 1 aromatic carbocycles. The van der Waals surface area contributed by atoms with Crippen LogP contribution in [-0.2, 0) is 0 Å². The first-order valence-corrected chi connectivity index (χ1v) is 5.56. The Morgan fingerprint density at radius 1 is 1.22 bits per heavy atom. The van der Waals surface area contributed by atoms with Crippen LogP contribution < -0.4 is 10.6 Å². The van der Waals surface area contributed by atoms with Crippen LogP contribution in [0, 0.1) is 12.3 Å². The first-order chi connectivity index (χ1) is 8.58. The number of rotatable bonds is 3. The number of nitrogen functional groups attached to an aromatic ring is 1. The quantitative estimate of drug-likeness (QED) is 0.634. The van der Waals surface area contributed by atoms with Crippen molar-refractivity contribution < 1.29 is 0 Å². The molecule has 0 saturated heterocycles. The van der Waals surface area contributed by atoms with Gasteiger partial charge in [-0.1, -0.05) is 12.1 Å². The van der Waals surface area contributed by atoms with Crippen molar-refractivity contribution in [1.29, 1.82) is 5.41 Å². The lowest BCUT2D eigenvalue weighted by atomic mass is 10.2. The number of amidine groups is 1. The molecule has 0 aliphatic carbocycles. The van der Waals surface area contributed by atoms with E-state index in [1.54, 1.807) is 6.07 Å². The second kappa shape index (κ2) is 4.83. The predicted octanol–water partition coefficient (Wildman–Crippen LogP) is 1.84. The molecule has 92 valence electrons. The van der Waals surface area contributed by atoms with Gasteiger partial charge in [0.2, 0.25) is 0 Å². The Labute approximate surface area is 106 Å². The largest absolute Gasteiger partial charge is 0.384 e. The van der Waals surface area contributed by atoms with Crippen molar-refractivity contribution in [3.63, 3.8) is 0 Å². The number of nitrogens with two attached hydrogens (primary N) is 1. The van der Waals surface area contributed by atoms with Gasteiger partial charge in [0.1, 0.15) is 5.84 Å². The van der Waals surface area contributed by atoms with Gasteiger partial charge in [0.15, 0.2) is 5.82 Å². The van der Waals surface area contributed by atoms with Gasteiger partial charge >= 0.3 is 0 Å². The molecule has 0 fully saturated rings. The second-order valence-corrected chi connectivity index (χ2v) is 4.06. The van der Waals surface area contributed by atoms with Gasteiger partial charge in [0, 0.05) is 18.3 Å². The van der Waals surface area contributed by atoms with Crippen LogP contribution in [0.4, 0.5) is 11.5 Å². The Morgan fingerprint density at radius 3 is 2.61 bits per heavy atom. The zero-order chi connectivity index (χ0) is 13.1. The first-order valence-electron chi connectivity index (χ1n) is 5.56. The zero-order valence-electron chi connectivity index (χ0n) is 10.4. The van der Waals surface area contributed by atoms with Crippen LogP contribution in [0.2, 0.25) is 0 Å². The lowest BCUT2D eigenvalue weighted by molar-refractivity contribution is 0.951. The molecule has 0 atom stereocenters. The molecular weight excluding hydrogens is 226 g/mol. The van der Waals surface area contributed by atoms with E-state index in [1.807, 2.05) is 49.2 Å². The van der Waals surface area contributed by atoms with Crippen LogP contribution in [0.5, 0.6) is 0 Å². The molecule has 1 aromatic heterocycles. The SMILES string of the molecule is Cc1ccc(N(C)c2cccc(C(=N)N)c2)nn1. The summed E-state index contributed by atoms with van der Waals surface area (Å²) >= 11 is 0. The van der Waals surface area contributed by atoms with Crippen molar-refractivity contribution >= 4 is 17.3 Å². The van der Waals surface area contributed by atoms with Crippen LogP contribution in [0.15, 0.2) is 36.4 Å². The zero-order valence-corrected chi connectivity index (χ0v) is 10.4. The lowest BCUT2D eigenvalue weighted by Crippen LogP contribution is -2.15. The maximum atomic E-state index is 7.44. The molecule has 3 N–H and O–H groups in total. The third kappa shape index (κ3) is 2.45. The van der Waals surface area contributed by atoms with E-state index in [1.165, 1.54) is 0 Å². The van der Waals surface area contributed by atoms with Gasteiger partial charge < -0.3 is 10.6 Å². The number of aromatic nitrogens is 2. The molecule has 0 saturated carbocycles. The molecule has 0 amide bonds. The molecule has 0 aliphatic rings. The molecule has 2 aromatic rings. The molecule has 0 radical (unpaired) electrons. The monoisotopic (exact) mass is 241 g/mol. The summed E-state index contributed by atoms with van der Waals surface area (Å²) in [4.78, 5) is 1.90. The van der Waals surface area contributed by atoms with E-state index in [0.717, 1.165) is 17.2 Å². The van der Waals surface area contributed by atoms with E-state index >= 15 is 0 Å². The molecule has 1 heterocycles. The number of benzene rings is 1. The third-order valence-electron chi connectivity index (χ3n) is 2.67. The number of hydrogen-bond donors (Lipinski definition) is 2. The van der Waals surface area contributed by atoms with Crippen LogP contribution in [-0.4, -0.2) is 23.1 Å². The maximum absolute atomic E-state index is 7.44. The maximum Gasteiger partial charge on any atom is 0.155 e. The smallest absolute Gasteiger partial charge is 0.155 e. The number of aryl methyl sites for hydroxylation is 1. The Morgan fingerprint density at radius 2 is 2.00 bits per heavy atom. The molecular formula is C13H15N5. The first kappa shape index (κ1) is 12.0. The molecule has 0 spiro atoms. The van der Waals surface area contributed by atoms with E-state index in [9.17, 15) is 0 Å². The minimum absolute atomic E-state index is 0.0558. The van der Waals surface area contributed by atoms with Crippen LogP contribution in [0.1, 0.15) is 11.3 Å². The summed E-state index contributed by atoms with van der Waals surface area (Å²) < 4.78 is 0. The standard InChI is InChI=1S/C13H15N5/c1-9-6-7-12(17-16-9)18(2)11-5-3-4-10(8-11)13(14)15/h3-8H,1-2H3,(H3,14,15). The van der Waals surface area contributed by atoms with Gasteiger partial charge in [-0.15, -0.1) is 5.10 Å². The van der Waals surface area contributed by atoms with Crippen molar-refractivity contribution in [2.75, 3.05) is 11.9 Å². The fraction of sp³-hybridized carbons (Fsp3) is 0.154. The van der Waals surface area contributed by atoms with Gasteiger partial charge in [0.05, 0.1) is 5.69 Å². The molecule has 0 aliphatic heterocycles. The Kier molecular flexibility index (Phi) is 3.23. The number of nitrogens with one attached hydrogen (secondary N) is 1. The van der Waals surface area contributed by atoms with Gasteiger partial charge in [-0.2, -0.15) is 5.10 Å². The lowest BCUT2D eigenvalue weighted by Gasteiger charge is -2.18. The number of anilines is 2. The fourth-order valence-corrected chi connectivity index (χ4v) is 1.59. The van der Waals surface area contributed by atoms with Crippen molar-refractivity contribution in [1.82, 2.24) is 10.2 Å². The Balaban J connectivity index is 2.33. The fourth-order valence-electron chi connectivity index (χ4n) is 1.59. The summed E-state index contributed by atoms with van der Waals surface area (Å²) in [6.45, 7) is 1.90. The van der Waals surface area contributed by atoms with Crippen molar-refractivity contribution in [2.24, 2.45) is 5.73 Å². The van der Waals surface area contributed by atoms with E-state index in [2.05, 4.69) is 10.2 Å². The van der Waals surface area contributed by atoms with Crippen molar-refractivity contribution in [2.45, 2.75) is 6.92 Å². The minimum Gasteiger partial charge on any atom is -0.384 e. The normalized spacial score (nSPS) is 10.1. The Hall–Kier alpha value is -2.43. The van der Waals surface area contributed by atoms with Gasteiger partial charge in [0.25, 0.3) is 0 Å². The number of nitrogens with zero attached hydrogens (tertiary/aromatic N) is 3. The van der Waals surface area contributed by atoms with Gasteiger partial charge in [-0.05, 0) is 31.2 Å². The van der Waals surface area contributed by atoms with Gasteiger partial charge in [-0.25, -0.2) is 0 Å². The summed E-state index contributed by atoms with van der Waals surface area (Å²) in [6.07, 6.45) is 0. The predicted molar refractivity (Wildman–Crippen MR) is 72.3 cm³/mol. The van der Waals surface area contributed by atoms with Crippen LogP contribution >= 0.6 is 0 Å². The summed E-state index contributed by atoms with van der Waals surface area (Å²) in [6, 6.07) is 11.3. The highest BCUT2D eigenvalue weighted by Crippen LogP contribution is 2.21. The average Bonchev–Trinajstić information content (AvgIpc) is 2.39. The summed E-state index contributed by atoms with van der Waals surface area (Å²) in [5.41, 5.74) is 7.97. The summed E-state index contributed by atoms with van der Waals surface area (Å²) in [5.74, 6) is 0.807. The van der Waals surface area contributed by atoms with Crippen molar-refractivity contribution in [3.05, 3.63) is 47.7 Å². The Bertz CT molecular complexity index is 562. The minimum atomic E-state index is 0.0558. The van der Waals surface area contributed by atoms with E-state index in [0.29, 0.717) is 5.56 Å². The van der Waals surface area contributed by atoms with Crippen LogP contribution in [0.25, 0.3) is 0 Å². The van der Waals surface area contributed by atoms with E-state index in [-0.39, 0.29) is 5.84 Å². The van der Waals surface area contributed by atoms with Gasteiger partial charge in [-0.3, -0.25) is 5.41 Å². The highest BCUT2D eigenvalue weighted by atomic mass is 15.2. The molecule has 5 heteroatoms. The third-order valence-corrected chi connectivity index (χ3v) is 2.67. The molecule has 2 rings (SSSR count).